The quantitative estimate of drug-likeness (QED) is 0.645. The maximum Gasteiger partial charge on any atom is 0.246 e. The van der Waals surface area contributed by atoms with Gasteiger partial charge in [-0.2, -0.15) is 9.40 Å². The molecule has 1 atom stereocenters. The van der Waals surface area contributed by atoms with Crippen LogP contribution in [0.4, 0.5) is 0 Å². The van der Waals surface area contributed by atoms with Crippen molar-refractivity contribution in [1.82, 2.24) is 19.0 Å². The van der Waals surface area contributed by atoms with Crippen LogP contribution in [0.25, 0.3) is 0 Å². The molecule has 1 saturated carbocycles. The summed E-state index contributed by atoms with van der Waals surface area (Å²) in [5, 5.41) is 4.14. The van der Waals surface area contributed by atoms with Gasteiger partial charge in [-0.3, -0.25) is 9.58 Å². The first kappa shape index (κ1) is 20.9. The summed E-state index contributed by atoms with van der Waals surface area (Å²) in [6.07, 6.45) is 9.85. The van der Waals surface area contributed by atoms with Crippen molar-refractivity contribution in [2.24, 2.45) is 5.92 Å². The number of rotatable bonds is 7. The lowest BCUT2D eigenvalue weighted by Gasteiger charge is -2.63. The van der Waals surface area contributed by atoms with Crippen molar-refractivity contribution in [1.29, 1.82) is 0 Å². The number of nitrogens with zero attached hydrogens (tertiary/aromatic N) is 4. The second kappa shape index (κ2) is 8.16. The first-order chi connectivity index (χ1) is 14.5. The molecule has 4 fully saturated rings. The number of hydrogen-bond donors (Lipinski definition) is 0. The average Bonchev–Trinajstić information content (AvgIpc) is 3.46. The van der Waals surface area contributed by atoms with Crippen LogP contribution in [0.3, 0.4) is 0 Å². The van der Waals surface area contributed by atoms with Crippen molar-refractivity contribution in [3.63, 3.8) is 0 Å². The normalized spacial score (nSPS) is 28.6. The number of ether oxygens (including phenoxy) is 2. The van der Waals surface area contributed by atoms with Crippen LogP contribution >= 0.6 is 0 Å². The molecule has 1 spiro atoms. The highest BCUT2D eigenvalue weighted by molar-refractivity contribution is 7.89. The predicted octanol–water partition coefficient (Wildman–Crippen LogP) is 1.72. The van der Waals surface area contributed by atoms with E-state index in [4.69, 9.17) is 9.47 Å². The largest absolute Gasteiger partial charge is 0.381 e. The molecule has 9 heteroatoms. The van der Waals surface area contributed by atoms with Crippen LogP contribution in [0.15, 0.2) is 17.3 Å². The van der Waals surface area contributed by atoms with Crippen molar-refractivity contribution in [3.05, 3.63) is 12.4 Å². The highest BCUT2D eigenvalue weighted by Gasteiger charge is 2.57. The van der Waals surface area contributed by atoms with Crippen LogP contribution < -0.4 is 0 Å². The van der Waals surface area contributed by atoms with Gasteiger partial charge in [0.15, 0.2) is 0 Å². The van der Waals surface area contributed by atoms with Crippen LogP contribution in [-0.2, 0) is 26.0 Å². The van der Waals surface area contributed by atoms with E-state index in [0.29, 0.717) is 36.7 Å². The van der Waals surface area contributed by atoms with Crippen molar-refractivity contribution in [2.75, 3.05) is 39.5 Å². The maximum absolute atomic E-state index is 13.0. The number of piperidine rings is 1. The molecule has 1 aliphatic carbocycles. The Bertz CT molecular complexity index is 839. The van der Waals surface area contributed by atoms with E-state index in [-0.39, 0.29) is 5.54 Å². The first-order valence-corrected chi connectivity index (χ1v) is 13.0. The number of likely N-dealkylation sites (tertiary alicyclic amines) is 1. The molecule has 0 radical (unpaired) electrons. The first-order valence-electron chi connectivity index (χ1n) is 11.5. The summed E-state index contributed by atoms with van der Waals surface area (Å²) in [7, 11) is -3.46. The Hall–Kier alpha value is -1.00. The van der Waals surface area contributed by atoms with Gasteiger partial charge < -0.3 is 9.47 Å². The van der Waals surface area contributed by atoms with Gasteiger partial charge in [-0.05, 0) is 51.4 Å². The molecule has 3 aliphatic heterocycles. The molecule has 1 unspecified atom stereocenters. The second-order valence-corrected chi connectivity index (χ2v) is 11.2. The summed E-state index contributed by atoms with van der Waals surface area (Å²) >= 11 is 0. The number of hydrogen-bond acceptors (Lipinski definition) is 6. The summed E-state index contributed by atoms with van der Waals surface area (Å²) in [6, 6.07) is 0.425. The van der Waals surface area contributed by atoms with Gasteiger partial charge in [-0.15, -0.1) is 0 Å². The predicted molar refractivity (Wildman–Crippen MR) is 112 cm³/mol. The molecule has 30 heavy (non-hydrogen) atoms. The molecule has 0 aromatic carbocycles. The minimum Gasteiger partial charge on any atom is -0.381 e. The lowest BCUT2D eigenvalue weighted by atomic mass is 9.73. The highest BCUT2D eigenvalue weighted by atomic mass is 32.2. The van der Waals surface area contributed by atoms with Crippen molar-refractivity contribution in [3.8, 4) is 0 Å². The Balaban J connectivity index is 1.22. The third kappa shape index (κ3) is 3.72. The molecule has 4 aliphatic rings. The van der Waals surface area contributed by atoms with Crippen LogP contribution in [0, 0.1) is 5.92 Å². The Labute approximate surface area is 179 Å². The van der Waals surface area contributed by atoms with E-state index in [1.165, 1.54) is 19.0 Å². The fourth-order valence-corrected chi connectivity index (χ4v) is 6.81. The second-order valence-electron chi connectivity index (χ2n) is 9.30. The van der Waals surface area contributed by atoms with Gasteiger partial charge in [-0.1, -0.05) is 0 Å². The van der Waals surface area contributed by atoms with Crippen LogP contribution in [0.1, 0.15) is 45.4 Å². The molecule has 1 aromatic rings. The molecule has 0 bridgehead atoms. The molecular formula is C21H34N4O4S. The summed E-state index contributed by atoms with van der Waals surface area (Å²) in [4.78, 5) is 2.94. The Morgan fingerprint density at radius 3 is 2.57 bits per heavy atom. The third-order valence-electron chi connectivity index (χ3n) is 7.56. The fraction of sp³-hybridized carbons (Fsp3) is 0.857. The van der Waals surface area contributed by atoms with E-state index in [2.05, 4.69) is 10.00 Å². The molecule has 1 aromatic heterocycles. The van der Waals surface area contributed by atoms with Gasteiger partial charge in [0.05, 0.1) is 17.8 Å². The average molecular weight is 439 g/mol. The van der Waals surface area contributed by atoms with E-state index in [9.17, 15) is 8.42 Å². The Morgan fingerprint density at radius 1 is 1.20 bits per heavy atom. The van der Waals surface area contributed by atoms with E-state index in [0.717, 1.165) is 58.0 Å². The van der Waals surface area contributed by atoms with Gasteiger partial charge in [0.1, 0.15) is 4.90 Å². The van der Waals surface area contributed by atoms with E-state index < -0.39 is 10.0 Å². The monoisotopic (exact) mass is 438 g/mol. The number of sulfonamides is 1. The van der Waals surface area contributed by atoms with E-state index in [1.807, 2.05) is 6.92 Å². The molecule has 8 nitrogen and oxygen atoms in total. The molecule has 5 rings (SSSR count). The van der Waals surface area contributed by atoms with E-state index in [1.54, 1.807) is 15.2 Å². The lowest BCUT2D eigenvalue weighted by Crippen LogP contribution is -2.76. The van der Waals surface area contributed by atoms with Crippen LogP contribution in [0.5, 0.6) is 0 Å². The smallest absolute Gasteiger partial charge is 0.246 e. The lowest BCUT2D eigenvalue weighted by molar-refractivity contribution is -0.217. The fourth-order valence-electron chi connectivity index (χ4n) is 5.39. The van der Waals surface area contributed by atoms with Gasteiger partial charge in [0, 0.05) is 58.2 Å². The standard InChI is InChI=1S/C21H34N4O4S/c1-2-23-14-19(13-22-23)30(26,27)24-9-5-18(6-10-24)25-15-20(29-16-17-3-4-17)21(25)7-11-28-12-8-21/h13-14,17-18,20H,2-12,15-16H2,1H3. The minimum atomic E-state index is -3.46. The zero-order chi connectivity index (χ0) is 20.8. The summed E-state index contributed by atoms with van der Waals surface area (Å²) < 4.78 is 41.3. The van der Waals surface area contributed by atoms with Crippen molar-refractivity contribution in [2.45, 2.75) is 74.6 Å². The number of aromatic nitrogens is 2. The zero-order valence-corrected chi connectivity index (χ0v) is 18.7. The van der Waals surface area contributed by atoms with Gasteiger partial charge in [0.2, 0.25) is 10.0 Å². The zero-order valence-electron chi connectivity index (χ0n) is 17.9. The summed E-state index contributed by atoms with van der Waals surface area (Å²) in [6.45, 7) is 7.25. The van der Waals surface area contributed by atoms with Crippen molar-refractivity contribution >= 4 is 10.0 Å². The summed E-state index contributed by atoms with van der Waals surface area (Å²) in [5.41, 5.74) is 0.0983. The summed E-state index contributed by atoms with van der Waals surface area (Å²) in [5.74, 6) is 0.779. The highest BCUT2D eigenvalue weighted by Crippen LogP contribution is 2.45. The molecular weight excluding hydrogens is 404 g/mol. The van der Waals surface area contributed by atoms with Gasteiger partial charge >= 0.3 is 0 Å². The molecule has 168 valence electrons. The van der Waals surface area contributed by atoms with Crippen LogP contribution in [0.2, 0.25) is 0 Å². The van der Waals surface area contributed by atoms with Gasteiger partial charge in [-0.25, -0.2) is 8.42 Å². The van der Waals surface area contributed by atoms with Gasteiger partial charge in [0.25, 0.3) is 0 Å². The molecule has 3 saturated heterocycles. The maximum atomic E-state index is 13.0. The molecule has 0 amide bonds. The van der Waals surface area contributed by atoms with Crippen molar-refractivity contribution < 1.29 is 17.9 Å². The Kier molecular flexibility index (Phi) is 5.68. The van der Waals surface area contributed by atoms with E-state index >= 15 is 0 Å². The Morgan fingerprint density at radius 2 is 1.93 bits per heavy atom. The minimum absolute atomic E-state index is 0.0983. The SMILES string of the molecule is CCn1cc(S(=O)(=O)N2CCC(N3CC(OCC4CC4)C34CCOCC4)CC2)cn1. The van der Waals surface area contributed by atoms with Crippen LogP contribution in [-0.4, -0.2) is 84.5 Å². The topological polar surface area (TPSA) is 76.9 Å². The number of aryl methyl sites for hydroxylation is 1. The third-order valence-corrected chi connectivity index (χ3v) is 9.41. The molecule has 0 N–H and O–H groups in total. The molecule has 4 heterocycles.